The van der Waals surface area contributed by atoms with Crippen LogP contribution < -0.4 is 10.2 Å². The number of hydrogen-bond donors (Lipinski definition) is 1. The summed E-state index contributed by atoms with van der Waals surface area (Å²) in [7, 11) is -2.92. The van der Waals surface area contributed by atoms with Crippen molar-refractivity contribution in [1.82, 2.24) is 10.3 Å². The standard InChI is InChI=1S/C14H22ClN3O2S/c1-3-6-16-9-13-12(15)4-5-14(17-13)18-7-8-21(19,20)10-11(18)2/h4-5,11,16H,3,6-10H2,1-2H3. The summed E-state index contributed by atoms with van der Waals surface area (Å²) in [4.78, 5) is 6.64. The quantitative estimate of drug-likeness (QED) is 0.834. The summed E-state index contributed by atoms with van der Waals surface area (Å²) < 4.78 is 23.3. The van der Waals surface area contributed by atoms with Gasteiger partial charge in [-0.15, -0.1) is 0 Å². The molecule has 1 fully saturated rings. The highest BCUT2D eigenvalue weighted by Crippen LogP contribution is 2.23. The third-order valence-corrected chi connectivity index (χ3v) is 5.73. The molecule has 0 spiro atoms. The second-order valence-electron chi connectivity index (χ2n) is 5.43. The van der Waals surface area contributed by atoms with Gasteiger partial charge in [-0.3, -0.25) is 0 Å². The second-order valence-corrected chi connectivity index (χ2v) is 8.07. The maximum absolute atomic E-state index is 11.7. The first-order valence-electron chi connectivity index (χ1n) is 7.26. The molecule has 0 amide bonds. The van der Waals surface area contributed by atoms with E-state index in [1.165, 1.54) is 0 Å². The van der Waals surface area contributed by atoms with Crippen molar-refractivity contribution in [3.8, 4) is 0 Å². The molecule has 0 aliphatic carbocycles. The van der Waals surface area contributed by atoms with Crippen molar-refractivity contribution in [3.63, 3.8) is 0 Å². The number of nitrogens with zero attached hydrogens (tertiary/aromatic N) is 2. The third-order valence-electron chi connectivity index (χ3n) is 3.59. The van der Waals surface area contributed by atoms with Crippen molar-refractivity contribution in [2.75, 3.05) is 29.5 Å². The predicted octanol–water partition coefficient (Wildman–Crippen LogP) is 1.86. The maximum Gasteiger partial charge on any atom is 0.154 e. The van der Waals surface area contributed by atoms with Gasteiger partial charge in [-0.2, -0.15) is 0 Å². The highest BCUT2D eigenvalue weighted by Gasteiger charge is 2.29. The first-order chi connectivity index (χ1) is 9.93. The molecule has 0 saturated carbocycles. The lowest BCUT2D eigenvalue weighted by molar-refractivity contribution is 0.566. The normalized spacial score (nSPS) is 21.5. The Kier molecular flexibility index (Phi) is 5.46. The molecule has 1 aliphatic heterocycles. The van der Waals surface area contributed by atoms with E-state index in [0.29, 0.717) is 18.1 Å². The van der Waals surface area contributed by atoms with Gasteiger partial charge in [-0.05, 0) is 32.0 Å². The van der Waals surface area contributed by atoms with Gasteiger partial charge in [-0.25, -0.2) is 13.4 Å². The molecule has 5 nitrogen and oxygen atoms in total. The number of rotatable bonds is 5. The number of aromatic nitrogens is 1. The zero-order valence-electron chi connectivity index (χ0n) is 12.5. The molecule has 0 bridgehead atoms. The van der Waals surface area contributed by atoms with E-state index in [1.807, 2.05) is 24.0 Å². The fourth-order valence-corrected chi connectivity index (χ4v) is 4.21. The number of pyridine rings is 1. The lowest BCUT2D eigenvalue weighted by atomic mass is 10.2. The van der Waals surface area contributed by atoms with Gasteiger partial charge >= 0.3 is 0 Å². The van der Waals surface area contributed by atoms with Crippen LogP contribution in [0.1, 0.15) is 26.0 Å². The van der Waals surface area contributed by atoms with Crippen LogP contribution in [0.2, 0.25) is 5.02 Å². The fraction of sp³-hybridized carbons (Fsp3) is 0.643. The smallest absolute Gasteiger partial charge is 0.154 e. The molecule has 1 aromatic heterocycles. The van der Waals surface area contributed by atoms with Gasteiger partial charge in [0.25, 0.3) is 0 Å². The number of halogens is 1. The van der Waals surface area contributed by atoms with Crippen molar-refractivity contribution in [2.24, 2.45) is 0 Å². The molecular formula is C14H22ClN3O2S. The van der Waals surface area contributed by atoms with Gasteiger partial charge in [0.05, 0.1) is 22.2 Å². The van der Waals surface area contributed by atoms with E-state index in [-0.39, 0.29) is 17.5 Å². The average molecular weight is 332 g/mol. The summed E-state index contributed by atoms with van der Waals surface area (Å²) >= 11 is 6.18. The largest absolute Gasteiger partial charge is 0.352 e. The molecule has 0 aromatic carbocycles. The lowest BCUT2D eigenvalue weighted by Gasteiger charge is -2.34. The monoisotopic (exact) mass is 331 g/mol. The molecule has 7 heteroatoms. The molecule has 2 heterocycles. The Labute approximate surface area is 131 Å². The minimum Gasteiger partial charge on any atom is -0.352 e. The molecule has 1 unspecified atom stereocenters. The van der Waals surface area contributed by atoms with Gasteiger partial charge in [0, 0.05) is 19.1 Å². The Bertz CT molecular complexity index is 592. The van der Waals surface area contributed by atoms with E-state index in [4.69, 9.17) is 11.6 Å². The summed E-state index contributed by atoms with van der Waals surface area (Å²) in [6, 6.07) is 3.64. The Morgan fingerprint density at radius 2 is 2.24 bits per heavy atom. The number of nitrogens with one attached hydrogen (secondary N) is 1. The van der Waals surface area contributed by atoms with Crippen LogP contribution >= 0.6 is 11.6 Å². The molecular weight excluding hydrogens is 310 g/mol. The Hall–Kier alpha value is -0.850. The van der Waals surface area contributed by atoms with Crippen LogP contribution in [0.5, 0.6) is 0 Å². The number of sulfone groups is 1. The SMILES string of the molecule is CCCNCc1nc(N2CCS(=O)(=O)CC2C)ccc1Cl. The molecule has 1 atom stereocenters. The summed E-state index contributed by atoms with van der Waals surface area (Å²) in [6.07, 6.45) is 1.05. The first kappa shape index (κ1) is 16.5. The van der Waals surface area contributed by atoms with Crippen molar-refractivity contribution < 1.29 is 8.42 Å². The molecule has 1 saturated heterocycles. The van der Waals surface area contributed by atoms with E-state index in [1.54, 1.807) is 0 Å². The van der Waals surface area contributed by atoms with Gasteiger partial charge < -0.3 is 10.2 Å². The Balaban J connectivity index is 2.15. The first-order valence-corrected chi connectivity index (χ1v) is 9.46. The van der Waals surface area contributed by atoms with E-state index in [9.17, 15) is 8.42 Å². The van der Waals surface area contributed by atoms with Crippen molar-refractivity contribution in [2.45, 2.75) is 32.9 Å². The average Bonchev–Trinajstić information content (AvgIpc) is 2.40. The van der Waals surface area contributed by atoms with Crippen LogP contribution in [0.4, 0.5) is 5.82 Å². The van der Waals surface area contributed by atoms with E-state index < -0.39 is 9.84 Å². The highest BCUT2D eigenvalue weighted by molar-refractivity contribution is 7.91. The summed E-state index contributed by atoms with van der Waals surface area (Å²) in [5.74, 6) is 1.17. The van der Waals surface area contributed by atoms with Crippen molar-refractivity contribution >= 4 is 27.3 Å². The van der Waals surface area contributed by atoms with Gasteiger partial charge in [0.1, 0.15) is 5.82 Å². The molecule has 2 rings (SSSR count). The van der Waals surface area contributed by atoms with E-state index >= 15 is 0 Å². The number of anilines is 1. The fourth-order valence-electron chi connectivity index (χ4n) is 2.48. The van der Waals surface area contributed by atoms with Crippen molar-refractivity contribution in [3.05, 3.63) is 22.8 Å². The Morgan fingerprint density at radius 1 is 1.48 bits per heavy atom. The van der Waals surface area contributed by atoms with Gasteiger partial charge in [-0.1, -0.05) is 18.5 Å². The summed E-state index contributed by atoms with van der Waals surface area (Å²) in [5.41, 5.74) is 0.809. The van der Waals surface area contributed by atoms with Crippen LogP contribution in [0.15, 0.2) is 12.1 Å². The minimum atomic E-state index is -2.92. The van der Waals surface area contributed by atoms with Crippen molar-refractivity contribution in [1.29, 1.82) is 0 Å². The molecule has 1 N–H and O–H groups in total. The topological polar surface area (TPSA) is 62.3 Å². The van der Waals surface area contributed by atoms with E-state index in [0.717, 1.165) is 24.5 Å². The Morgan fingerprint density at radius 3 is 2.90 bits per heavy atom. The van der Waals surface area contributed by atoms with E-state index in [2.05, 4.69) is 17.2 Å². The van der Waals surface area contributed by atoms with Crippen LogP contribution in [-0.4, -0.2) is 44.0 Å². The highest BCUT2D eigenvalue weighted by atomic mass is 35.5. The second kappa shape index (κ2) is 6.94. The van der Waals surface area contributed by atoms with Crippen LogP contribution in [0, 0.1) is 0 Å². The predicted molar refractivity (Wildman–Crippen MR) is 86.7 cm³/mol. The lowest BCUT2D eigenvalue weighted by Crippen LogP contribution is -2.47. The zero-order chi connectivity index (χ0) is 15.5. The van der Waals surface area contributed by atoms with Gasteiger partial charge in [0.15, 0.2) is 9.84 Å². The molecule has 21 heavy (non-hydrogen) atoms. The van der Waals surface area contributed by atoms with Crippen LogP contribution in [0.25, 0.3) is 0 Å². The third kappa shape index (κ3) is 4.31. The van der Waals surface area contributed by atoms with Crippen LogP contribution in [-0.2, 0) is 16.4 Å². The minimum absolute atomic E-state index is 0.0612. The van der Waals surface area contributed by atoms with Crippen LogP contribution in [0.3, 0.4) is 0 Å². The summed E-state index contributed by atoms with van der Waals surface area (Å²) in [5, 5.41) is 3.92. The number of hydrogen-bond acceptors (Lipinski definition) is 5. The molecule has 0 radical (unpaired) electrons. The molecule has 118 valence electrons. The summed E-state index contributed by atoms with van der Waals surface area (Å²) in [6.45, 7) is 6.05. The van der Waals surface area contributed by atoms with Gasteiger partial charge in [0.2, 0.25) is 0 Å². The zero-order valence-corrected chi connectivity index (χ0v) is 14.0. The molecule has 1 aromatic rings. The molecule has 1 aliphatic rings. The maximum atomic E-state index is 11.7.